The first-order valence-electron chi connectivity index (χ1n) is 9.59. The number of fused-ring (bicyclic) bond motifs is 3. The molecular formula is C23H24N4. The Balaban J connectivity index is 1.63. The molecule has 3 heterocycles. The zero-order valence-electron chi connectivity index (χ0n) is 15.8. The van der Waals surface area contributed by atoms with Crippen molar-refractivity contribution < 1.29 is 0 Å². The second-order valence-corrected chi connectivity index (χ2v) is 7.61. The number of para-hydroxylation sites is 1. The average molecular weight is 356 g/mol. The summed E-state index contributed by atoms with van der Waals surface area (Å²) in [4.78, 5) is 14.2. The lowest BCUT2D eigenvalue weighted by atomic mass is 9.91. The van der Waals surface area contributed by atoms with E-state index in [1.54, 1.807) is 0 Å². The zero-order chi connectivity index (χ0) is 18.4. The van der Waals surface area contributed by atoms with Crippen LogP contribution in [-0.2, 0) is 13.0 Å². The molecule has 0 fully saturated rings. The minimum Gasteiger partial charge on any atom is -0.357 e. The van der Waals surface area contributed by atoms with Gasteiger partial charge in [0.1, 0.15) is 5.82 Å². The van der Waals surface area contributed by atoms with Crippen LogP contribution in [0, 0.1) is 13.8 Å². The van der Waals surface area contributed by atoms with Gasteiger partial charge in [-0.15, -0.1) is 0 Å². The average Bonchev–Trinajstić information content (AvgIpc) is 3.24. The van der Waals surface area contributed by atoms with Crippen LogP contribution in [0.1, 0.15) is 39.9 Å². The molecule has 2 aromatic carbocycles. The van der Waals surface area contributed by atoms with Crippen LogP contribution in [0.4, 0.5) is 0 Å². The highest BCUT2D eigenvalue weighted by Crippen LogP contribution is 2.39. The van der Waals surface area contributed by atoms with Gasteiger partial charge in [-0.2, -0.15) is 0 Å². The monoisotopic (exact) mass is 356 g/mol. The number of H-pyrrole nitrogens is 2. The van der Waals surface area contributed by atoms with Crippen molar-refractivity contribution in [1.29, 1.82) is 0 Å². The van der Waals surface area contributed by atoms with E-state index in [4.69, 9.17) is 0 Å². The Morgan fingerprint density at radius 1 is 1.07 bits per heavy atom. The van der Waals surface area contributed by atoms with Crippen LogP contribution >= 0.6 is 0 Å². The van der Waals surface area contributed by atoms with Crippen LogP contribution < -0.4 is 0 Å². The lowest BCUT2D eigenvalue weighted by Crippen LogP contribution is -2.36. The summed E-state index contributed by atoms with van der Waals surface area (Å²) < 4.78 is 0. The number of aryl methyl sites for hydroxylation is 2. The Kier molecular flexibility index (Phi) is 3.87. The van der Waals surface area contributed by atoms with E-state index in [2.05, 4.69) is 82.2 Å². The van der Waals surface area contributed by atoms with Gasteiger partial charge in [-0.25, -0.2) is 4.98 Å². The number of hydrogen-bond acceptors (Lipinski definition) is 2. The van der Waals surface area contributed by atoms with Gasteiger partial charge in [-0.05, 0) is 37.5 Å². The summed E-state index contributed by atoms with van der Waals surface area (Å²) in [6.07, 6.45) is 2.97. The van der Waals surface area contributed by atoms with E-state index in [1.807, 2.05) is 6.20 Å². The van der Waals surface area contributed by atoms with Crippen molar-refractivity contribution in [3.63, 3.8) is 0 Å². The van der Waals surface area contributed by atoms with E-state index in [9.17, 15) is 0 Å². The highest BCUT2D eigenvalue weighted by molar-refractivity contribution is 5.85. The van der Waals surface area contributed by atoms with Crippen LogP contribution in [-0.4, -0.2) is 26.4 Å². The molecule has 0 saturated carbocycles. The largest absolute Gasteiger partial charge is 0.357 e. The summed E-state index contributed by atoms with van der Waals surface area (Å²) in [7, 11) is 0. The minimum atomic E-state index is 0.214. The molecule has 1 aliphatic rings. The highest BCUT2D eigenvalue weighted by Gasteiger charge is 2.32. The maximum atomic E-state index is 4.55. The molecular weight excluding hydrogens is 332 g/mol. The fourth-order valence-corrected chi connectivity index (χ4v) is 4.42. The van der Waals surface area contributed by atoms with Crippen LogP contribution in [0.3, 0.4) is 0 Å². The van der Waals surface area contributed by atoms with Gasteiger partial charge in [0.15, 0.2) is 0 Å². The van der Waals surface area contributed by atoms with E-state index in [0.717, 1.165) is 31.0 Å². The first-order valence-corrected chi connectivity index (χ1v) is 9.59. The summed E-state index contributed by atoms with van der Waals surface area (Å²) >= 11 is 0. The molecule has 0 saturated heterocycles. The lowest BCUT2D eigenvalue weighted by molar-refractivity contribution is 0.197. The number of imidazole rings is 1. The van der Waals surface area contributed by atoms with E-state index in [1.165, 1.54) is 33.3 Å². The second kappa shape index (κ2) is 6.39. The van der Waals surface area contributed by atoms with Gasteiger partial charge < -0.3 is 9.97 Å². The van der Waals surface area contributed by atoms with E-state index < -0.39 is 0 Å². The fourth-order valence-electron chi connectivity index (χ4n) is 4.42. The summed E-state index contributed by atoms with van der Waals surface area (Å²) in [5, 5.41) is 1.36. The van der Waals surface area contributed by atoms with Crippen molar-refractivity contribution in [2.24, 2.45) is 0 Å². The maximum absolute atomic E-state index is 4.55. The van der Waals surface area contributed by atoms with Crippen LogP contribution in [0.5, 0.6) is 0 Å². The topological polar surface area (TPSA) is 47.7 Å². The molecule has 1 unspecified atom stereocenters. The molecule has 0 amide bonds. The van der Waals surface area contributed by atoms with Gasteiger partial charge in [-0.3, -0.25) is 4.90 Å². The van der Waals surface area contributed by atoms with Crippen LogP contribution in [0.15, 0.2) is 54.7 Å². The Bertz CT molecular complexity index is 1100. The van der Waals surface area contributed by atoms with Crippen molar-refractivity contribution in [2.75, 3.05) is 6.54 Å². The molecule has 5 rings (SSSR count). The van der Waals surface area contributed by atoms with Crippen molar-refractivity contribution in [2.45, 2.75) is 32.9 Å². The number of aromatic amines is 2. The fraction of sp³-hybridized carbons (Fsp3) is 0.261. The standard InChI is InChI=1S/C23H24N4/c1-15-6-5-7-17(12-15)23-22-19(18-8-3-4-9-20(18)26-22)10-11-27(23)14-21-24-13-16(2)25-21/h3-9,12-13,23,26H,10-11,14H2,1-2H3,(H,24,25). The Labute approximate surface area is 159 Å². The van der Waals surface area contributed by atoms with Crippen molar-refractivity contribution in [3.05, 3.63) is 88.6 Å². The quantitative estimate of drug-likeness (QED) is 0.561. The van der Waals surface area contributed by atoms with Crippen molar-refractivity contribution in [3.8, 4) is 0 Å². The molecule has 0 radical (unpaired) electrons. The molecule has 2 N–H and O–H groups in total. The van der Waals surface area contributed by atoms with E-state index in [0.29, 0.717) is 0 Å². The first-order chi connectivity index (χ1) is 13.2. The molecule has 27 heavy (non-hydrogen) atoms. The van der Waals surface area contributed by atoms with Gasteiger partial charge in [0.25, 0.3) is 0 Å². The predicted octanol–water partition coefficient (Wildman–Crippen LogP) is 4.66. The number of rotatable bonds is 3. The van der Waals surface area contributed by atoms with Gasteiger partial charge in [0, 0.05) is 35.0 Å². The molecule has 0 spiro atoms. The molecule has 4 heteroatoms. The van der Waals surface area contributed by atoms with Gasteiger partial charge in [0.05, 0.1) is 12.6 Å². The third-order valence-electron chi connectivity index (χ3n) is 5.60. The zero-order valence-corrected chi connectivity index (χ0v) is 15.8. The number of hydrogen-bond donors (Lipinski definition) is 2. The SMILES string of the molecule is Cc1cccc(C2c3[nH]c4ccccc4c3CCN2Cc2ncc(C)[nH]2)c1. The second-order valence-electron chi connectivity index (χ2n) is 7.61. The first kappa shape index (κ1) is 16.3. The molecule has 136 valence electrons. The summed E-state index contributed by atoms with van der Waals surface area (Å²) in [5.41, 5.74) is 7.77. The summed E-state index contributed by atoms with van der Waals surface area (Å²) in [6, 6.07) is 17.8. The molecule has 2 aromatic heterocycles. The smallest absolute Gasteiger partial charge is 0.120 e. The normalized spacial score (nSPS) is 17.3. The van der Waals surface area contributed by atoms with Crippen molar-refractivity contribution in [1.82, 2.24) is 19.9 Å². The summed E-state index contributed by atoms with van der Waals surface area (Å²) in [5.74, 6) is 1.03. The predicted molar refractivity (Wildman–Crippen MR) is 109 cm³/mol. The van der Waals surface area contributed by atoms with Crippen LogP contribution in [0.2, 0.25) is 0 Å². The molecule has 1 atom stereocenters. The third-order valence-corrected chi connectivity index (χ3v) is 5.60. The van der Waals surface area contributed by atoms with Crippen molar-refractivity contribution >= 4 is 10.9 Å². The number of nitrogens with zero attached hydrogens (tertiary/aromatic N) is 2. The minimum absolute atomic E-state index is 0.214. The third kappa shape index (κ3) is 2.86. The summed E-state index contributed by atoms with van der Waals surface area (Å²) in [6.45, 7) is 6.06. The molecule has 4 nitrogen and oxygen atoms in total. The van der Waals surface area contributed by atoms with Gasteiger partial charge >= 0.3 is 0 Å². The number of benzene rings is 2. The Morgan fingerprint density at radius 2 is 1.96 bits per heavy atom. The number of aromatic nitrogens is 3. The van der Waals surface area contributed by atoms with Gasteiger partial charge in [0.2, 0.25) is 0 Å². The molecule has 1 aliphatic heterocycles. The Hall–Kier alpha value is -2.85. The van der Waals surface area contributed by atoms with E-state index >= 15 is 0 Å². The maximum Gasteiger partial charge on any atom is 0.120 e. The Morgan fingerprint density at radius 3 is 2.78 bits per heavy atom. The molecule has 0 bridgehead atoms. The van der Waals surface area contributed by atoms with E-state index in [-0.39, 0.29) is 6.04 Å². The van der Waals surface area contributed by atoms with Crippen LogP contribution in [0.25, 0.3) is 10.9 Å². The number of nitrogens with one attached hydrogen (secondary N) is 2. The molecule has 4 aromatic rings. The van der Waals surface area contributed by atoms with Gasteiger partial charge in [-0.1, -0.05) is 48.0 Å². The molecule has 0 aliphatic carbocycles. The highest BCUT2D eigenvalue weighted by atomic mass is 15.2. The lowest BCUT2D eigenvalue weighted by Gasteiger charge is -2.35.